The fraction of sp³-hybridized carbons (Fsp3) is 0.333. The fourth-order valence-electron chi connectivity index (χ4n) is 0.647. The topological polar surface area (TPSA) is 66.6 Å². The van der Waals surface area contributed by atoms with Gasteiger partial charge in [0.05, 0.1) is 6.07 Å². The Morgan fingerprint density at radius 3 is 2.54 bits per heavy atom. The maximum absolute atomic E-state index is 9.92. The van der Waals surface area contributed by atoms with Gasteiger partial charge in [-0.3, -0.25) is 0 Å². The van der Waals surface area contributed by atoms with E-state index in [0.717, 1.165) is 12.1 Å². The molecule has 0 saturated carbocycles. The van der Waals surface area contributed by atoms with Gasteiger partial charge in [-0.15, -0.1) is 0 Å². The van der Waals surface area contributed by atoms with Gasteiger partial charge in [-0.25, -0.2) is 9.97 Å². The molecule has 0 amide bonds. The third-order valence-corrected chi connectivity index (χ3v) is 1.11. The van der Waals surface area contributed by atoms with E-state index < -0.39 is 0 Å². The maximum Gasteiger partial charge on any atom is 0.128 e. The van der Waals surface area contributed by atoms with Crippen LogP contribution in [-0.2, 0) is 11.2 Å². The quantitative estimate of drug-likeness (QED) is 0.649. The van der Waals surface area contributed by atoms with Crippen LogP contribution in [0.2, 0.25) is 0 Å². The van der Waals surface area contributed by atoms with Crippen LogP contribution >= 0.6 is 0 Å². The molecule has 0 aliphatic rings. The number of carbonyl (C=O) groups excluding carboxylic acids is 1. The van der Waals surface area contributed by atoms with Gasteiger partial charge in [0.25, 0.3) is 0 Å². The van der Waals surface area contributed by atoms with E-state index in [-0.39, 0.29) is 0 Å². The Bertz CT molecular complexity index is 266. The second-order valence-corrected chi connectivity index (χ2v) is 2.09. The molecule has 0 spiro atoms. The second-order valence-electron chi connectivity index (χ2n) is 2.09. The highest BCUT2D eigenvalue weighted by Crippen LogP contribution is 1.90. The Hall–Kier alpha value is -1.76. The number of carbonyl (C=O) groups is 1. The highest BCUT2D eigenvalue weighted by atomic mass is 16.1. The van der Waals surface area contributed by atoms with Crippen LogP contribution in [0, 0.1) is 11.3 Å². The van der Waals surface area contributed by atoms with Crippen molar-refractivity contribution in [1.82, 2.24) is 9.97 Å². The minimum Gasteiger partial charge on any atom is -0.303 e. The average Bonchev–Trinajstić information content (AvgIpc) is 2.18. The average molecular weight is 177 g/mol. The van der Waals surface area contributed by atoms with E-state index in [2.05, 4.69) is 9.97 Å². The molecule has 4 nitrogen and oxygen atoms in total. The summed E-state index contributed by atoms with van der Waals surface area (Å²) in [7, 11) is 0. The fourth-order valence-corrected chi connectivity index (χ4v) is 0.647. The van der Waals surface area contributed by atoms with Crippen molar-refractivity contribution in [1.29, 1.82) is 5.26 Å². The molecule has 0 radical (unpaired) electrons. The molecule has 1 aromatic heterocycles. The first-order valence-electron chi connectivity index (χ1n) is 3.85. The van der Waals surface area contributed by atoms with E-state index in [9.17, 15) is 4.79 Å². The van der Waals surface area contributed by atoms with Crippen LogP contribution in [0.4, 0.5) is 0 Å². The molecule has 1 rings (SSSR count). The summed E-state index contributed by atoms with van der Waals surface area (Å²) in [6, 6.07) is 3.50. The molecular formula is C9H11N3O. The predicted octanol–water partition coefficient (Wildman–Crippen LogP) is 1.14. The molecule has 68 valence electrons. The van der Waals surface area contributed by atoms with E-state index in [1.807, 2.05) is 0 Å². The van der Waals surface area contributed by atoms with Gasteiger partial charge in [-0.1, -0.05) is 0 Å². The van der Waals surface area contributed by atoms with Gasteiger partial charge in [-0.2, -0.15) is 5.26 Å². The summed E-state index contributed by atoms with van der Waals surface area (Å²) in [5.41, 5.74) is 0. The Balaban J connectivity index is 0.000000424. The molecule has 0 aliphatic heterocycles. The number of hydrogen-bond acceptors (Lipinski definition) is 4. The van der Waals surface area contributed by atoms with Gasteiger partial charge in [0, 0.05) is 32.2 Å². The van der Waals surface area contributed by atoms with E-state index in [4.69, 9.17) is 5.26 Å². The van der Waals surface area contributed by atoms with Gasteiger partial charge in [0.1, 0.15) is 12.1 Å². The monoisotopic (exact) mass is 177 g/mol. The van der Waals surface area contributed by atoms with Crippen LogP contribution in [-0.4, -0.2) is 16.3 Å². The number of hydrogen-bond donors (Lipinski definition) is 0. The first kappa shape index (κ1) is 11.2. The lowest BCUT2D eigenvalue weighted by Crippen LogP contribution is -1.92. The normalized spacial score (nSPS) is 7.69. The first-order chi connectivity index (χ1) is 6.35. The summed E-state index contributed by atoms with van der Waals surface area (Å²) < 4.78 is 0. The van der Waals surface area contributed by atoms with Crippen molar-refractivity contribution in [2.24, 2.45) is 0 Å². The Labute approximate surface area is 77.3 Å². The number of nitriles is 1. The molecule has 0 unspecified atom stereocenters. The van der Waals surface area contributed by atoms with Crippen molar-refractivity contribution in [3.8, 4) is 6.07 Å². The van der Waals surface area contributed by atoms with Crippen LogP contribution in [0.5, 0.6) is 0 Å². The van der Waals surface area contributed by atoms with Crippen molar-refractivity contribution >= 4 is 6.29 Å². The third-order valence-electron chi connectivity index (χ3n) is 1.11. The SMILES string of the molecule is CC#N.O=CCCc1ncccn1. The van der Waals surface area contributed by atoms with Gasteiger partial charge >= 0.3 is 0 Å². The zero-order valence-electron chi connectivity index (χ0n) is 7.47. The molecule has 1 aromatic rings. The van der Waals surface area contributed by atoms with Crippen molar-refractivity contribution < 1.29 is 4.79 Å². The van der Waals surface area contributed by atoms with Gasteiger partial charge in [-0.05, 0) is 6.07 Å². The van der Waals surface area contributed by atoms with E-state index in [1.165, 1.54) is 6.92 Å². The minimum atomic E-state index is 0.504. The highest BCUT2D eigenvalue weighted by Gasteiger charge is 1.90. The molecule has 0 aromatic carbocycles. The Morgan fingerprint density at radius 2 is 2.08 bits per heavy atom. The summed E-state index contributed by atoms with van der Waals surface area (Å²) in [4.78, 5) is 17.8. The Morgan fingerprint density at radius 1 is 1.54 bits per heavy atom. The van der Waals surface area contributed by atoms with Crippen molar-refractivity contribution in [2.75, 3.05) is 0 Å². The maximum atomic E-state index is 9.92. The molecule has 0 fully saturated rings. The molecular weight excluding hydrogens is 166 g/mol. The van der Waals surface area contributed by atoms with E-state index in [1.54, 1.807) is 24.5 Å². The number of aldehydes is 1. The molecule has 0 aliphatic carbocycles. The lowest BCUT2D eigenvalue weighted by Gasteiger charge is -1.91. The number of aromatic nitrogens is 2. The van der Waals surface area contributed by atoms with Crippen molar-refractivity contribution in [2.45, 2.75) is 19.8 Å². The third kappa shape index (κ3) is 6.63. The minimum absolute atomic E-state index is 0.504. The zero-order chi connectivity index (χ0) is 9.94. The smallest absolute Gasteiger partial charge is 0.128 e. The molecule has 0 N–H and O–H groups in total. The number of nitrogens with zero attached hydrogens (tertiary/aromatic N) is 3. The van der Waals surface area contributed by atoms with Crippen LogP contribution in [0.3, 0.4) is 0 Å². The summed E-state index contributed by atoms with van der Waals surface area (Å²) in [6.07, 6.45) is 5.37. The zero-order valence-corrected chi connectivity index (χ0v) is 7.47. The van der Waals surface area contributed by atoms with Gasteiger partial charge in [0.15, 0.2) is 0 Å². The van der Waals surface area contributed by atoms with Crippen molar-refractivity contribution in [3.63, 3.8) is 0 Å². The molecule has 0 bridgehead atoms. The molecule has 4 heteroatoms. The molecule has 13 heavy (non-hydrogen) atoms. The predicted molar refractivity (Wildman–Crippen MR) is 47.7 cm³/mol. The largest absolute Gasteiger partial charge is 0.303 e. The number of rotatable bonds is 3. The molecule has 1 heterocycles. The molecule has 0 saturated heterocycles. The van der Waals surface area contributed by atoms with Crippen molar-refractivity contribution in [3.05, 3.63) is 24.3 Å². The van der Waals surface area contributed by atoms with Crippen LogP contribution < -0.4 is 0 Å². The molecule has 0 atom stereocenters. The Kier molecular flexibility index (Phi) is 7.21. The summed E-state index contributed by atoms with van der Waals surface area (Å²) in [5, 5.41) is 7.32. The summed E-state index contributed by atoms with van der Waals surface area (Å²) in [6.45, 7) is 1.43. The standard InChI is InChI=1S/C7H8N2O.C2H3N/c10-6-1-3-7-8-4-2-5-9-7;1-2-3/h2,4-6H,1,3H2;1H3. The number of aryl methyl sites for hydroxylation is 1. The van der Waals surface area contributed by atoms with Gasteiger partial charge in [0.2, 0.25) is 0 Å². The van der Waals surface area contributed by atoms with E-state index >= 15 is 0 Å². The first-order valence-corrected chi connectivity index (χ1v) is 3.85. The summed E-state index contributed by atoms with van der Waals surface area (Å²) in [5.74, 6) is 0.731. The van der Waals surface area contributed by atoms with Gasteiger partial charge < -0.3 is 4.79 Å². The van der Waals surface area contributed by atoms with Crippen LogP contribution in [0.1, 0.15) is 19.2 Å². The van der Waals surface area contributed by atoms with Crippen LogP contribution in [0.15, 0.2) is 18.5 Å². The van der Waals surface area contributed by atoms with Crippen LogP contribution in [0.25, 0.3) is 0 Å². The lowest BCUT2D eigenvalue weighted by molar-refractivity contribution is -0.107. The highest BCUT2D eigenvalue weighted by molar-refractivity contribution is 5.49. The summed E-state index contributed by atoms with van der Waals surface area (Å²) >= 11 is 0. The van der Waals surface area contributed by atoms with E-state index in [0.29, 0.717) is 12.8 Å². The second kappa shape index (κ2) is 8.34. The lowest BCUT2D eigenvalue weighted by atomic mass is 10.3.